The van der Waals surface area contributed by atoms with Crippen molar-refractivity contribution in [1.29, 1.82) is 0 Å². The third-order valence-corrected chi connectivity index (χ3v) is 4.68. The fourth-order valence-corrected chi connectivity index (χ4v) is 3.36. The molecule has 0 spiro atoms. The number of nitrogens with one attached hydrogen (secondary N) is 1. The van der Waals surface area contributed by atoms with Crippen LogP contribution in [0.3, 0.4) is 0 Å². The van der Waals surface area contributed by atoms with Gasteiger partial charge in [-0.25, -0.2) is 4.79 Å². The molecule has 1 N–H and O–H groups in total. The molecule has 0 unspecified atom stereocenters. The van der Waals surface area contributed by atoms with Gasteiger partial charge in [0.2, 0.25) is 0 Å². The van der Waals surface area contributed by atoms with Gasteiger partial charge in [0, 0.05) is 6.07 Å². The summed E-state index contributed by atoms with van der Waals surface area (Å²) in [5.41, 5.74) is 1.36. The lowest BCUT2D eigenvalue weighted by Gasteiger charge is -2.08. The van der Waals surface area contributed by atoms with Gasteiger partial charge in [0.25, 0.3) is 0 Å². The second-order valence-corrected chi connectivity index (χ2v) is 6.57. The number of aromatic nitrogens is 1. The van der Waals surface area contributed by atoms with E-state index in [1.165, 1.54) is 18.2 Å². The molecule has 2 aromatic carbocycles. The van der Waals surface area contributed by atoms with Crippen molar-refractivity contribution in [3.05, 3.63) is 57.5 Å². The van der Waals surface area contributed by atoms with Crippen LogP contribution >= 0.6 is 11.6 Å². The Morgan fingerprint density at radius 1 is 1.18 bits per heavy atom. The van der Waals surface area contributed by atoms with Crippen LogP contribution in [0.25, 0.3) is 11.1 Å². The first kappa shape index (κ1) is 14.7. The predicted octanol–water partition coefficient (Wildman–Crippen LogP) is 2.85. The highest BCUT2D eigenvalue weighted by atomic mass is 35.5. The minimum absolute atomic E-state index is 0.0725. The third kappa shape index (κ3) is 2.72. The zero-order valence-electron chi connectivity index (χ0n) is 11.3. The molecule has 3 rings (SSSR count). The van der Waals surface area contributed by atoms with Crippen molar-refractivity contribution in [3.8, 4) is 5.75 Å². The fourth-order valence-electron chi connectivity index (χ4n) is 1.91. The van der Waals surface area contributed by atoms with E-state index in [1.807, 2.05) is 6.92 Å². The molecule has 6 nitrogen and oxygen atoms in total. The molecule has 0 bridgehead atoms. The van der Waals surface area contributed by atoms with Crippen LogP contribution < -0.4 is 9.94 Å². The SMILES string of the molecule is Cc1ccc(OS(=O)(=O)c2cc3oc(=O)[nH]c3cc2Cl)cc1. The number of hydrogen-bond donors (Lipinski definition) is 1. The third-order valence-electron chi connectivity index (χ3n) is 2.97. The molecule has 3 aromatic rings. The summed E-state index contributed by atoms with van der Waals surface area (Å²) in [6, 6.07) is 8.97. The zero-order valence-corrected chi connectivity index (χ0v) is 12.9. The Kier molecular flexibility index (Phi) is 3.46. The van der Waals surface area contributed by atoms with Gasteiger partial charge in [-0.05, 0) is 25.1 Å². The normalized spacial score (nSPS) is 11.7. The van der Waals surface area contributed by atoms with E-state index in [0.29, 0.717) is 5.52 Å². The van der Waals surface area contributed by atoms with Crippen LogP contribution in [-0.4, -0.2) is 13.4 Å². The molecule has 0 aliphatic carbocycles. The van der Waals surface area contributed by atoms with Gasteiger partial charge in [0.05, 0.1) is 10.5 Å². The molecule has 0 amide bonds. The summed E-state index contributed by atoms with van der Waals surface area (Å²) in [5.74, 6) is -0.530. The van der Waals surface area contributed by atoms with Crippen molar-refractivity contribution < 1.29 is 17.0 Å². The van der Waals surface area contributed by atoms with E-state index in [9.17, 15) is 13.2 Å². The second-order valence-electron chi connectivity index (χ2n) is 4.64. The van der Waals surface area contributed by atoms with Gasteiger partial charge in [0.15, 0.2) is 5.58 Å². The van der Waals surface area contributed by atoms with E-state index in [1.54, 1.807) is 12.1 Å². The van der Waals surface area contributed by atoms with Crippen LogP contribution in [0.4, 0.5) is 0 Å². The number of halogens is 1. The molecule has 114 valence electrons. The van der Waals surface area contributed by atoms with Gasteiger partial charge in [-0.15, -0.1) is 0 Å². The van der Waals surface area contributed by atoms with Crippen LogP contribution in [0, 0.1) is 6.92 Å². The van der Waals surface area contributed by atoms with Gasteiger partial charge in [-0.3, -0.25) is 4.98 Å². The average molecular weight is 340 g/mol. The van der Waals surface area contributed by atoms with Gasteiger partial charge in [0.1, 0.15) is 10.6 Å². The number of aryl methyl sites for hydroxylation is 1. The number of aromatic amines is 1. The summed E-state index contributed by atoms with van der Waals surface area (Å²) >= 11 is 5.97. The summed E-state index contributed by atoms with van der Waals surface area (Å²) in [4.78, 5) is 13.3. The summed E-state index contributed by atoms with van der Waals surface area (Å²) in [5, 5.41) is -0.0725. The van der Waals surface area contributed by atoms with E-state index in [0.717, 1.165) is 11.6 Å². The summed E-state index contributed by atoms with van der Waals surface area (Å²) in [6.45, 7) is 1.87. The molecule has 1 heterocycles. The summed E-state index contributed by atoms with van der Waals surface area (Å²) in [6.07, 6.45) is 0. The van der Waals surface area contributed by atoms with Crippen LogP contribution in [0.5, 0.6) is 5.75 Å². The Morgan fingerprint density at radius 3 is 2.55 bits per heavy atom. The quantitative estimate of drug-likeness (QED) is 0.741. The fraction of sp³-hybridized carbons (Fsp3) is 0.0714. The first-order chi connectivity index (χ1) is 10.3. The lowest BCUT2D eigenvalue weighted by Crippen LogP contribution is -2.10. The molecule has 22 heavy (non-hydrogen) atoms. The number of hydrogen-bond acceptors (Lipinski definition) is 5. The molecule has 0 fully saturated rings. The molecular formula is C14H10ClNO5S. The van der Waals surface area contributed by atoms with Crippen molar-refractivity contribution in [2.24, 2.45) is 0 Å². The summed E-state index contributed by atoms with van der Waals surface area (Å²) in [7, 11) is -4.15. The lowest BCUT2D eigenvalue weighted by molar-refractivity contribution is 0.485. The van der Waals surface area contributed by atoms with Crippen LogP contribution in [-0.2, 0) is 10.1 Å². The molecule has 0 atom stereocenters. The first-order valence-electron chi connectivity index (χ1n) is 6.19. The number of oxazole rings is 1. The summed E-state index contributed by atoms with van der Waals surface area (Å²) < 4.78 is 34.5. The van der Waals surface area contributed by atoms with Crippen molar-refractivity contribution in [2.45, 2.75) is 11.8 Å². The Bertz CT molecular complexity index is 1000. The van der Waals surface area contributed by atoms with Crippen molar-refractivity contribution in [3.63, 3.8) is 0 Å². The highest BCUT2D eigenvalue weighted by Gasteiger charge is 2.22. The maximum Gasteiger partial charge on any atom is 0.417 e. The van der Waals surface area contributed by atoms with Crippen LogP contribution in [0.1, 0.15) is 5.56 Å². The van der Waals surface area contributed by atoms with E-state index >= 15 is 0 Å². The monoisotopic (exact) mass is 339 g/mol. The van der Waals surface area contributed by atoms with Crippen LogP contribution in [0.2, 0.25) is 5.02 Å². The van der Waals surface area contributed by atoms with Gasteiger partial charge < -0.3 is 8.60 Å². The lowest BCUT2D eigenvalue weighted by atomic mass is 10.2. The Morgan fingerprint density at radius 2 is 1.86 bits per heavy atom. The Hall–Kier alpha value is -2.25. The number of fused-ring (bicyclic) bond motifs is 1. The Balaban J connectivity index is 2.06. The molecule has 0 aliphatic rings. The molecule has 0 aliphatic heterocycles. The highest BCUT2D eigenvalue weighted by molar-refractivity contribution is 7.87. The largest absolute Gasteiger partial charge is 0.417 e. The zero-order chi connectivity index (χ0) is 15.9. The van der Waals surface area contributed by atoms with E-state index in [-0.39, 0.29) is 21.3 Å². The minimum atomic E-state index is -4.15. The molecular weight excluding hydrogens is 330 g/mol. The molecule has 0 saturated heterocycles. The maximum atomic E-state index is 12.3. The molecule has 0 radical (unpaired) electrons. The molecule has 8 heteroatoms. The Labute approximate surface area is 130 Å². The molecule has 1 aromatic heterocycles. The predicted molar refractivity (Wildman–Crippen MR) is 80.8 cm³/mol. The van der Waals surface area contributed by atoms with Crippen molar-refractivity contribution >= 4 is 32.8 Å². The number of H-pyrrole nitrogens is 1. The van der Waals surface area contributed by atoms with Crippen molar-refractivity contribution in [2.75, 3.05) is 0 Å². The average Bonchev–Trinajstić information content (AvgIpc) is 2.79. The van der Waals surface area contributed by atoms with Gasteiger partial charge in [-0.1, -0.05) is 29.3 Å². The van der Waals surface area contributed by atoms with E-state index < -0.39 is 15.9 Å². The first-order valence-corrected chi connectivity index (χ1v) is 7.97. The smallest absolute Gasteiger partial charge is 0.408 e. The minimum Gasteiger partial charge on any atom is -0.408 e. The highest BCUT2D eigenvalue weighted by Crippen LogP contribution is 2.28. The topological polar surface area (TPSA) is 89.4 Å². The molecule has 0 saturated carbocycles. The van der Waals surface area contributed by atoms with Crippen LogP contribution in [0.15, 0.2) is 50.5 Å². The van der Waals surface area contributed by atoms with E-state index in [2.05, 4.69) is 4.98 Å². The maximum absolute atomic E-state index is 12.3. The number of benzene rings is 2. The second kappa shape index (κ2) is 5.19. The standard InChI is InChI=1S/C14H10ClNO5S/c1-8-2-4-9(5-3-8)21-22(18,19)13-7-12-11(6-10(13)15)16-14(17)20-12/h2-7H,1H3,(H,16,17). The van der Waals surface area contributed by atoms with Crippen molar-refractivity contribution in [1.82, 2.24) is 4.98 Å². The van der Waals surface area contributed by atoms with Gasteiger partial charge in [-0.2, -0.15) is 8.42 Å². The van der Waals surface area contributed by atoms with Gasteiger partial charge >= 0.3 is 15.9 Å². The number of rotatable bonds is 3. The van der Waals surface area contributed by atoms with E-state index in [4.69, 9.17) is 20.2 Å².